The van der Waals surface area contributed by atoms with E-state index in [1.165, 1.54) is 18.5 Å². The number of hydrogen-bond acceptors (Lipinski definition) is 9. The lowest BCUT2D eigenvalue weighted by atomic mass is 9.73. The minimum Gasteiger partial charge on any atom is -0.466 e. The molecule has 0 amide bonds. The molecule has 0 saturated carbocycles. The molecule has 38 heavy (non-hydrogen) atoms. The van der Waals surface area contributed by atoms with Gasteiger partial charge < -0.3 is 14.2 Å². The average molecular weight is 526 g/mol. The summed E-state index contributed by atoms with van der Waals surface area (Å²) in [7, 11) is 0. The van der Waals surface area contributed by atoms with Gasteiger partial charge in [-0.25, -0.2) is 4.79 Å². The van der Waals surface area contributed by atoms with Crippen LogP contribution in [-0.2, 0) is 35.2 Å². The number of carbonyl (C=O) groups is 5. The number of Topliss-reactive ketones (excluding diaryl/α,β-unsaturated/α-hetero) is 2. The summed E-state index contributed by atoms with van der Waals surface area (Å²) in [6.07, 6.45) is 2.83. The van der Waals surface area contributed by atoms with Gasteiger partial charge in [0.05, 0.1) is 12.2 Å². The maximum atomic E-state index is 13.8. The first-order valence-corrected chi connectivity index (χ1v) is 12.5. The van der Waals surface area contributed by atoms with Crippen LogP contribution in [0.15, 0.2) is 48.8 Å². The zero-order valence-corrected chi connectivity index (χ0v) is 22.6. The van der Waals surface area contributed by atoms with Crippen LogP contribution < -0.4 is 0 Å². The second-order valence-electron chi connectivity index (χ2n) is 9.83. The Labute approximate surface area is 222 Å². The highest BCUT2D eigenvalue weighted by molar-refractivity contribution is 6.26. The van der Waals surface area contributed by atoms with E-state index < -0.39 is 40.5 Å². The Morgan fingerprint density at radius 3 is 2.16 bits per heavy atom. The number of carbonyl (C=O) groups excluding carboxylic acids is 5. The maximum Gasteiger partial charge on any atom is 0.340 e. The number of nitrogens with zero attached hydrogens (tertiary/aromatic N) is 1. The van der Waals surface area contributed by atoms with Crippen LogP contribution in [0.1, 0.15) is 86.6 Å². The van der Waals surface area contributed by atoms with Crippen LogP contribution in [0, 0.1) is 5.41 Å². The predicted octanol–water partition coefficient (Wildman–Crippen LogP) is 4.66. The van der Waals surface area contributed by atoms with Crippen LogP contribution in [0.3, 0.4) is 0 Å². The molecule has 2 rings (SSSR count). The van der Waals surface area contributed by atoms with Crippen LogP contribution in [-0.4, -0.2) is 46.7 Å². The molecule has 1 aromatic heterocycles. The van der Waals surface area contributed by atoms with Gasteiger partial charge in [0.1, 0.15) is 12.2 Å². The molecule has 1 atom stereocenters. The molecule has 204 valence electrons. The van der Waals surface area contributed by atoms with Crippen molar-refractivity contribution in [3.8, 4) is 0 Å². The van der Waals surface area contributed by atoms with E-state index in [-0.39, 0.29) is 43.6 Å². The highest BCUT2D eigenvalue weighted by Gasteiger charge is 2.52. The molecule has 1 heterocycles. The highest BCUT2D eigenvalue weighted by atomic mass is 16.6. The Hall–Kier alpha value is -3.88. The van der Waals surface area contributed by atoms with Crippen molar-refractivity contribution in [3.05, 3.63) is 65.5 Å². The van der Waals surface area contributed by atoms with Crippen LogP contribution in [0.5, 0.6) is 0 Å². The summed E-state index contributed by atoms with van der Waals surface area (Å²) < 4.78 is 15.7. The molecule has 0 saturated heterocycles. The van der Waals surface area contributed by atoms with E-state index in [0.29, 0.717) is 6.42 Å². The van der Waals surface area contributed by atoms with Crippen molar-refractivity contribution >= 4 is 29.5 Å². The zero-order valence-electron chi connectivity index (χ0n) is 22.6. The third kappa shape index (κ3) is 8.33. The Bertz CT molecular complexity index is 1150. The Balaban J connectivity index is 2.33. The van der Waals surface area contributed by atoms with Gasteiger partial charge in [-0.1, -0.05) is 36.8 Å². The van der Waals surface area contributed by atoms with Crippen molar-refractivity contribution in [2.45, 2.75) is 72.5 Å². The first-order valence-electron chi connectivity index (χ1n) is 12.5. The van der Waals surface area contributed by atoms with E-state index >= 15 is 0 Å². The number of rotatable bonds is 13. The highest BCUT2D eigenvalue weighted by Crippen LogP contribution is 2.34. The fourth-order valence-corrected chi connectivity index (χ4v) is 3.77. The topological polar surface area (TPSA) is 126 Å². The number of ketones is 2. The Morgan fingerprint density at radius 2 is 1.55 bits per heavy atom. The lowest BCUT2D eigenvalue weighted by Gasteiger charge is -2.31. The van der Waals surface area contributed by atoms with E-state index in [9.17, 15) is 24.0 Å². The van der Waals surface area contributed by atoms with Gasteiger partial charge >= 0.3 is 17.9 Å². The van der Waals surface area contributed by atoms with Gasteiger partial charge in [-0.3, -0.25) is 24.2 Å². The Kier molecular flexibility index (Phi) is 10.9. The van der Waals surface area contributed by atoms with Gasteiger partial charge in [-0.05, 0) is 59.1 Å². The quantitative estimate of drug-likeness (QED) is 0.121. The second kappa shape index (κ2) is 13.6. The largest absolute Gasteiger partial charge is 0.466 e. The molecular weight excluding hydrogens is 490 g/mol. The van der Waals surface area contributed by atoms with Crippen molar-refractivity contribution in [3.63, 3.8) is 0 Å². The SMILES string of the molecule is CCOC(=O)CCCCC(C(C)=O)(C(=O)OC(C)(C)C)C(=O)c1cncc(C(=O)OCc2ccccc2)c1. The van der Waals surface area contributed by atoms with Crippen molar-refractivity contribution in [2.75, 3.05) is 6.61 Å². The third-order valence-corrected chi connectivity index (χ3v) is 5.67. The van der Waals surface area contributed by atoms with E-state index in [4.69, 9.17) is 14.2 Å². The monoisotopic (exact) mass is 525 g/mol. The van der Waals surface area contributed by atoms with Crippen LogP contribution in [0.2, 0.25) is 0 Å². The Morgan fingerprint density at radius 1 is 0.895 bits per heavy atom. The van der Waals surface area contributed by atoms with Crippen LogP contribution in [0.25, 0.3) is 0 Å². The summed E-state index contributed by atoms with van der Waals surface area (Å²) in [5.41, 5.74) is -2.47. The smallest absolute Gasteiger partial charge is 0.340 e. The number of benzene rings is 1. The van der Waals surface area contributed by atoms with Crippen molar-refractivity contribution < 1.29 is 38.2 Å². The molecule has 0 N–H and O–H groups in total. The third-order valence-electron chi connectivity index (χ3n) is 5.67. The van der Waals surface area contributed by atoms with E-state index in [2.05, 4.69) is 4.98 Å². The standard InChI is InChI=1S/C29H35NO8/c1-6-36-24(32)14-10-11-15-29(20(2)31,27(35)38-28(3,4)5)25(33)22-16-23(18-30-17-22)26(34)37-19-21-12-8-7-9-13-21/h7-9,12-13,16-18H,6,10-11,14-15,19H2,1-5H3. The maximum absolute atomic E-state index is 13.8. The van der Waals surface area contributed by atoms with E-state index in [1.54, 1.807) is 39.8 Å². The van der Waals surface area contributed by atoms with Gasteiger partial charge in [0.2, 0.25) is 0 Å². The molecule has 0 spiro atoms. The lowest BCUT2D eigenvalue weighted by Crippen LogP contribution is -2.48. The summed E-state index contributed by atoms with van der Waals surface area (Å²) in [5, 5.41) is 0. The molecule has 1 unspecified atom stereocenters. The van der Waals surface area contributed by atoms with Crippen LogP contribution in [0.4, 0.5) is 0 Å². The molecular formula is C29H35NO8. The normalized spacial score (nSPS) is 12.7. The molecule has 0 aliphatic rings. The molecule has 0 bridgehead atoms. The van der Waals surface area contributed by atoms with Crippen molar-refractivity contribution in [2.24, 2.45) is 5.41 Å². The fourth-order valence-electron chi connectivity index (χ4n) is 3.77. The lowest BCUT2D eigenvalue weighted by molar-refractivity contribution is -0.167. The van der Waals surface area contributed by atoms with Crippen LogP contribution >= 0.6 is 0 Å². The summed E-state index contributed by atoms with van der Waals surface area (Å²) in [6.45, 7) is 8.00. The number of aromatic nitrogens is 1. The first-order chi connectivity index (χ1) is 17.9. The summed E-state index contributed by atoms with van der Waals surface area (Å²) in [5.74, 6) is -3.65. The summed E-state index contributed by atoms with van der Waals surface area (Å²) in [6, 6.07) is 10.3. The number of unbranched alkanes of at least 4 members (excludes halogenated alkanes) is 1. The van der Waals surface area contributed by atoms with Gasteiger partial charge in [-0.2, -0.15) is 0 Å². The van der Waals surface area contributed by atoms with Gasteiger partial charge in [0, 0.05) is 24.4 Å². The summed E-state index contributed by atoms with van der Waals surface area (Å²) in [4.78, 5) is 68.5. The average Bonchev–Trinajstić information content (AvgIpc) is 2.86. The number of hydrogen-bond donors (Lipinski definition) is 0. The molecule has 0 fully saturated rings. The first kappa shape index (κ1) is 30.3. The molecule has 0 aliphatic heterocycles. The van der Waals surface area contributed by atoms with Gasteiger partial charge in [-0.15, -0.1) is 0 Å². The molecule has 0 radical (unpaired) electrons. The number of ether oxygens (including phenoxy) is 3. The van der Waals surface area contributed by atoms with E-state index in [0.717, 1.165) is 12.5 Å². The molecule has 1 aromatic carbocycles. The second-order valence-corrected chi connectivity index (χ2v) is 9.83. The molecule has 2 aromatic rings. The van der Waals surface area contributed by atoms with Gasteiger partial charge in [0.25, 0.3) is 0 Å². The molecule has 9 heteroatoms. The molecule has 0 aliphatic carbocycles. The summed E-state index contributed by atoms with van der Waals surface area (Å²) >= 11 is 0. The number of esters is 3. The predicted molar refractivity (Wildman–Crippen MR) is 138 cm³/mol. The minimum absolute atomic E-state index is 0.00395. The number of pyridine rings is 1. The van der Waals surface area contributed by atoms with Crippen molar-refractivity contribution in [1.29, 1.82) is 0 Å². The molecule has 9 nitrogen and oxygen atoms in total. The van der Waals surface area contributed by atoms with Gasteiger partial charge in [0.15, 0.2) is 17.0 Å². The van der Waals surface area contributed by atoms with Crippen molar-refractivity contribution in [1.82, 2.24) is 4.98 Å². The fraction of sp³-hybridized carbons (Fsp3) is 0.448. The minimum atomic E-state index is -2.17. The zero-order chi connectivity index (χ0) is 28.3. The van der Waals surface area contributed by atoms with E-state index in [1.807, 2.05) is 18.2 Å².